The van der Waals surface area contributed by atoms with Crippen LogP contribution in [0, 0.1) is 0 Å². The molecule has 0 rings (SSSR count). The Morgan fingerprint density at radius 3 is 0.700 bits per heavy atom. The number of hydrogen-bond acceptors (Lipinski definition) is 0. The van der Waals surface area contributed by atoms with E-state index < -0.39 is 0 Å². The average Bonchev–Trinajstić information content (AvgIpc) is 2.01. The van der Waals surface area contributed by atoms with E-state index in [0.717, 1.165) is 0 Å². The van der Waals surface area contributed by atoms with Crippen molar-refractivity contribution in [1.82, 2.24) is 0 Å². The van der Waals surface area contributed by atoms with Gasteiger partial charge in [0.2, 0.25) is 0 Å². The van der Waals surface area contributed by atoms with Gasteiger partial charge in [-0.25, -0.2) is 0 Å². The molecular formula is C9H30B. The van der Waals surface area contributed by atoms with Crippen molar-refractivity contribution in [3.63, 3.8) is 0 Å². The quantitative estimate of drug-likeness (QED) is 0.437. The number of hydrogen-bond donors (Lipinski definition) is 0. The van der Waals surface area contributed by atoms with Gasteiger partial charge in [0.1, 0.15) is 7.28 Å². The number of rotatable bonds is 0. The van der Waals surface area contributed by atoms with Crippen LogP contribution in [0.1, 0.15) is 50.4 Å². The fourth-order valence-corrected chi connectivity index (χ4v) is 0. The maximum Gasteiger partial charge on any atom is 0.102 e. The monoisotopic (exact) mass is 150 g/mol. The van der Waals surface area contributed by atoms with Gasteiger partial charge in [0.25, 0.3) is 0 Å². The molecule has 0 heterocycles. The van der Waals surface area contributed by atoms with E-state index >= 15 is 0 Å². The molecule has 0 aliphatic carbocycles. The molecule has 69 valence electrons. The first kappa shape index (κ1) is 32.2. The summed E-state index contributed by atoms with van der Waals surface area (Å²) >= 11 is 0. The first-order valence-electron chi connectivity index (χ1n) is 4.15. The lowest BCUT2D eigenvalue weighted by Gasteiger charge is -1.41. The fraction of sp³-hybridized carbons (Fsp3) is 1.00. The Kier molecular flexibility index (Phi) is 1680. The summed E-state index contributed by atoms with van der Waals surface area (Å²) < 4.78 is 0. The summed E-state index contributed by atoms with van der Waals surface area (Å²) in [4.78, 5) is 0. The fourth-order valence-electron chi connectivity index (χ4n) is 0. The SMILES string of the molecule is C.CC.CC.CC.C[B]C.[2HH]. The van der Waals surface area contributed by atoms with E-state index in [1.54, 1.807) is 0 Å². The van der Waals surface area contributed by atoms with Crippen LogP contribution in [0.3, 0.4) is 0 Å². The Balaban J connectivity index is -0.00000000729. The molecule has 0 saturated heterocycles. The van der Waals surface area contributed by atoms with Crippen molar-refractivity contribution in [3.05, 3.63) is 0 Å². The van der Waals surface area contributed by atoms with Crippen molar-refractivity contribution in [2.24, 2.45) is 0 Å². The summed E-state index contributed by atoms with van der Waals surface area (Å²) in [5.74, 6) is 0. The van der Waals surface area contributed by atoms with Crippen molar-refractivity contribution >= 4 is 7.28 Å². The summed E-state index contributed by atoms with van der Waals surface area (Å²) in [6.45, 7) is 16.0. The van der Waals surface area contributed by atoms with Crippen LogP contribution in [0.25, 0.3) is 0 Å². The second-order valence-corrected chi connectivity index (χ2v) is 0.577. The first-order chi connectivity index (χ1) is 4.41. The normalized spacial score (nSPS) is 3.20. The smallest absolute Gasteiger partial charge is 0.0922 e. The van der Waals surface area contributed by atoms with Gasteiger partial charge in [-0.2, -0.15) is 0 Å². The minimum Gasteiger partial charge on any atom is -0.0922 e. The molecule has 0 aromatic carbocycles. The Morgan fingerprint density at radius 1 is 0.700 bits per heavy atom. The molecule has 10 heavy (non-hydrogen) atoms. The molecule has 1 heteroatoms. The Labute approximate surface area is 72.2 Å². The van der Waals surface area contributed by atoms with Crippen LogP contribution in [0.15, 0.2) is 0 Å². The summed E-state index contributed by atoms with van der Waals surface area (Å²) in [6, 6.07) is 0. The van der Waals surface area contributed by atoms with Crippen LogP contribution in [0.5, 0.6) is 0 Å². The second-order valence-electron chi connectivity index (χ2n) is 0.577. The molecular weight excluding hydrogens is 119 g/mol. The highest BCUT2D eigenvalue weighted by atomic mass is 13.0. The zero-order chi connectivity index (χ0) is 8.71. The summed E-state index contributed by atoms with van der Waals surface area (Å²) in [7, 11) is 2.00. The Morgan fingerprint density at radius 2 is 0.700 bits per heavy atom. The van der Waals surface area contributed by atoms with Gasteiger partial charge in [0.15, 0.2) is 0 Å². The minimum absolute atomic E-state index is 0. The van der Waals surface area contributed by atoms with E-state index in [1.807, 2.05) is 62.5 Å². The van der Waals surface area contributed by atoms with E-state index in [-0.39, 0.29) is 8.85 Å². The zero-order valence-electron chi connectivity index (χ0n) is 8.58. The third kappa shape index (κ3) is 95500. The third-order valence-electron chi connectivity index (χ3n) is 0. The van der Waals surface area contributed by atoms with Gasteiger partial charge in [-0.05, 0) is 0 Å². The lowest BCUT2D eigenvalue weighted by Crippen LogP contribution is -1.53. The third-order valence-corrected chi connectivity index (χ3v) is 0. The van der Waals surface area contributed by atoms with Crippen LogP contribution >= 0.6 is 0 Å². The highest BCUT2D eigenvalue weighted by Crippen LogP contribution is 1.36. The summed E-state index contributed by atoms with van der Waals surface area (Å²) in [5.41, 5.74) is 0. The maximum atomic E-state index is 2.00. The van der Waals surface area contributed by atoms with Crippen molar-refractivity contribution in [2.75, 3.05) is 0 Å². The van der Waals surface area contributed by atoms with Gasteiger partial charge in [0.05, 0.1) is 0 Å². The van der Waals surface area contributed by atoms with Gasteiger partial charge >= 0.3 is 0 Å². The molecule has 0 saturated carbocycles. The Bertz CT molecular complexity index is 9.52. The van der Waals surface area contributed by atoms with Gasteiger partial charge in [-0.1, -0.05) is 62.6 Å². The molecule has 1 radical (unpaired) electrons. The minimum atomic E-state index is 0. The molecule has 0 aliphatic rings. The molecule has 0 fully saturated rings. The van der Waals surface area contributed by atoms with Crippen LogP contribution in [0.2, 0.25) is 13.6 Å². The van der Waals surface area contributed by atoms with E-state index in [4.69, 9.17) is 0 Å². The van der Waals surface area contributed by atoms with Gasteiger partial charge < -0.3 is 0 Å². The standard InChI is InChI=1S/C2H6B.3C2H6.CH4.H2/c1-3-2;3*1-2;;/h1-2H3;3*1-2H3;1H4;1H/i;;;;;1+1. The van der Waals surface area contributed by atoms with E-state index in [9.17, 15) is 0 Å². The van der Waals surface area contributed by atoms with Gasteiger partial charge in [-0.3, -0.25) is 0 Å². The zero-order valence-corrected chi connectivity index (χ0v) is 8.58. The predicted molar refractivity (Wildman–Crippen MR) is 60.4 cm³/mol. The molecule has 0 unspecified atom stereocenters. The average molecular weight is 150 g/mol. The molecule has 0 aromatic heterocycles. The van der Waals surface area contributed by atoms with Crippen LogP contribution in [-0.2, 0) is 0 Å². The topological polar surface area (TPSA) is 0 Å². The van der Waals surface area contributed by atoms with E-state index in [1.165, 1.54) is 0 Å². The van der Waals surface area contributed by atoms with Crippen molar-refractivity contribution < 1.29 is 1.43 Å². The van der Waals surface area contributed by atoms with E-state index in [0.29, 0.717) is 0 Å². The Hall–Kier alpha value is 0.0649. The highest BCUT2D eigenvalue weighted by molar-refractivity contribution is 6.31. The van der Waals surface area contributed by atoms with E-state index in [2.05, 4.69) is 0 Å². The maximum absolute atomic E-state index is 2.00. The predicted octanol–water partition coefficient (Wildman–Crippen LogP) is 4.75. The molecule has 0 nitrogen and oxygen atoms in total. The first-order valence-corrected chi connectivity index (χ1v) is 4.15. The molecule has 0 N–H and O–H groups in total. The molecule has 0 amide bonds. The summed E-state index contributed by atoms with van der Waals surface area (Å²) in [6.07, 6.45) is 0. The van der Waals surface area contributed by atoms with Gasteiger partial charge in [-0.15, -0.1) is 0 Å². The van der Waals surface area contributed by atoms with Crippen molar-refractivity contribution in [3.8, 4) is 0 Å². The van der Waals surface area contributed by atoms with Crippen molar-refractivity contribution in [1.29, 1.82) is 0 Å². The largest absolute Gasteiger partial charge is 0.102 e. The van der Waals surface area contributed by atoms with Gasteiger partial charge in [0, 0.05) is 1.43 Å². The van der Waals surface area contributed by atoms with Crippen LogP contribution in [-0.4, -0.2) is 7.28 Å². The van der Waals surface area contributed by atoms with Crippen molar-refractivity contribution in [2.45, 2.75) is 62.6 Å². The lowest BCUT2D eigenvalue weighted by molar-refractivity contribution is 1.50. The van der Waals surface area contributed by atoms with Crippen LogP contribution in [0.4, 0.5) is 0 Å². The molecule has 0 atom stereocenters. The lowest BCUT2D eigenvalue weighted by atomic mass is 9.88. The highest BCUT2D eigenvalue weighted by Gasteiger charge is 1.42. The molecule has 0 aliphatic heterocycles. The summed E-state index contributed by atoms with van der Waals surface area (Å²) in [5, 5.41) is 0. The van der Waals surface area contributed by atoms with Crippen LogP contribution < -0.4 is 0 Å². The molecule has 0 bridgehead atoms. The molecule has 0 spiro atoms. The molecule has 0 aromatic rings. The second kappa shape index (κ2) is 520.